The minimum atomic E-state index is 0.00979. The molecule has 0 radical (unpaired) electrons. The van der Waals surface area contributed by atoms with Gasteiger partial charge in [-0.2, -0.15) is 0 Å². The molecule has 5 nitrogen and oxygen atoms in total. The van der Waals surface area contributed by atoms with Crippen LogP contribution in [0.25, 0.3) is 0 Å². The van der Waals surface area contributed by atoms with Crippen molar-refractivity contribution in [2.75, 3.05) is 32.8 Å². The normalized spacial score (nSPS) is 20.2. The zero-order valence-corrected chi connectivity index (χ0v) is 12.9. The number of nitrogens with zero attached hydrogens (tertiary/aromatic N) is 3. The van der Waals surface area contributed by atoms with Crippen LogP contribution in [0, 0.1) is 6.92 Å². The van der Waals surface area contributed by atoms with Crippen molar-refractivity contribution in [3.63, 3.8) is 0 Å². The largest absolute Gasteiger partial charge is 0.368 e. The van der Waals surface area contributed by atoms with E-state index in [0.29, 0.717) is 0 Å². The molecule has 0 bridgehead atoms. The highest BCUT2D eigenvalue weighted by molar-refractivity contribution is 5.12. The third kappa shape index (κ3) is 4.23. The summed E-state index contributed by atoms with van der Waals surface area (Å²) in [6.45, 7) is 11.9. The number of aromatic nitrogens is 2. The van der Waals surface area contributed by atoms with Crippen LogP contribution in [0.15, 0.2) is 6.07 Å². The first kappa shape index (κ1) is 15.4. The molecule has 1 atom stereocenters. The molecular weight excluding hydrogens is 252 g/mol. The predicted molar refractivity (Wildman–Crippen MR) is 79.6 cm³/mol. The Morgan fingerprint density at radius 1 is 1.40 bits per heavy atom. The summed E-state index contributed by atoms with van der Waals surface area (Å²) in [7, 11) is 0. The Bertz CT molecular complexity index is 422. The Kier molecular flexibility index (Phi) is 5.88. The Morgan fingerprint density at radius 3 is 3.00 bits per heavy atom. The minimum Gasteiger partial charge on any atom is -0.368 e. The van der Waals surface area contributed by atoms with E-state index in [1.807, 2.05) is 13.0 Å². The highest BCUT2D eigenvalue weighted by Crippen LogP contribution is 2.20. The fourth-order valence-electron chi connectivity index (χ4n) is 2.52. The fraction of sp³-hybridized carbons (Fsp3) is 0.733. The van der Waals surface area contributed by atoms with E-state index in [4.69, 9.17) is 4.74 Å². The van der Waals surface area contributed by atoms with Gasteiger partial charge in [0.05, 0.1) is 12.3 Å². The molecule has 1 fully saturated rings. The lowest BCUT2D eigenvalue weighted by Gasteiger charge is -2.32. The first-order valence-electron chi connectivity index (χ1n) is 7.62. The summed E-state index contributed by atoms with van der Waals surface area (Å²) in [6.07, 6.45) is 1.18. The van der Waals surface area contributed by atoms with Gasteiger partial charge < -0.3 is 10.1 Å². The van der Waals surface area contributed by atoms with Crippen molar-refractivity contribution in [3.05, 3.63) is 23.3 Å². The predicted octanol–water partition coefficient (Wildman–Crippen LogP) is 1.68. The molecule has 1 saturated heterocycles. The first-order valence-corrected chi connectivity index (χ1v) is 7.62. The third-order valence-corrected chi connectivity index (χ3v) is 3.46. The lowest BCUT2D eigenvalue weighted by molar-refractivity contribution is -0.0343. The average molecular weight is 278 g/mol. The van der Waals surface area contributed by atoms with E-state index in [1.54, 1.807) is 0 Å². The SMILES string of the molecule is CCCN1CCOC(c2nc(C)cc(CNCC)n2)C1. The molecule has 0 aliphatic carbocycles. The highest BCUT2D eigenvalue weighted by Gasteiger charge is 2.24. The van der Waals surface area contributed by atoms with Gasteiger partial charge in [-0.25, -0.2) is 9.97 Å². The average Bonchev–Trinajstić information content (AvgIpc) is 2.45. The van der Waals surface area contributed by atoms with Crippen LogP contribution < -0.4 is 5.32 Å². The van der Waals surface area contributed by atoms with E-state index < -0.39 is 0 Å². The Balaban J connectivity index is 2.08. The van der Waals surface area contributed by atoms with Gasteiger partial charge in [0.25, 0.3) is 0 Å². The quantitative estimate of drug-likeness (QED) is 0.858. The molecular formula is C15H26N4O. The van der Waals surface area contributed by atoms with E-state index in [-0.39, 0.29) is 6.10 Å². The van der Waals surface area contributed by atoms with Crippen molar-refractivity contribution in [2.45, 2.75) is 39.8 Å². The van der Waals surface area contributed by atoms with Crippen molar-refractivity contribution in [1.82, 2.24) is 20.2 Å². The molecule has 0 spiro atoms. The summed E-state index contributed by atoms with van der Waals surface area (Å²) in [5.41, 5.74) is 2.06. The number of hydrogen-bond acceptors (Lipinski definition) is 5. The van der Waals surface area contributed by atoms with Crippen molar-refractivity contribution < 1.29 is 4.74 Å². The summed E-state index contributed by atoms with van der Waals surface area (Å²) >= 11 is 0. The van der Waals surface area contributed by atoms with Crippen molar-refractivity contribution >= 4 is 0 Å². The maximum Gasteiger partial charge on any atom is 0.158 e. The molecule has 1 unspecified atom stereocenters. The molecule has 20 heavy (non-hydrogen) atoms. The second-order valence-electron chi connectivity index (χ2n) is 5.30. The molecule has 1 N–H and O–H groups in total. The van der Waals surface area contributed by atoms with Gasteiger partial charge in [-0.15, -0.1) is 0 Å². The first-order chi connectivity index (χ1) is 9.72. The number of rotatable bonds is 6. The van der Waals surface area contributed by atoms with Crippen LogP contribution in [-0.2, 0) is 11.3 Å². The zero-order chi connectivity index (χ0) is 14.4. The highest BCUT2D eigenvalue weighted by atomic mass is 16.5. The molecule has 0 aromatic carbocycles. The lowest BCUT2D eigenvalue weighted by Crippen LogP contribution is -2.39. The number of morpholine rings is 1. The van der Waals surface area contributed by atoms with Crippen molar-refractivity contribution in [1.29, 1.82) is 0 Å². The van der Waals surface area contributed by atoms with Gasteiger partial charge in [-0.05, 0) is 32.5 Å². The van der Waals surface area contributed by atoms with Crippen molar-refractivity contribution in [3.8, 4) is 0 Å². The maximum absolute atomic E-state index is 5.87. The summed E-state index contributed by atoms with van der Waals surface area (Å²) < 4.78 is 5.87. The Labute approximate surface area is 121 Å². The van der Waals surface area contributed by atoms with Gasteiger partial charge in [0, 0.05) is 25.3 Å². The molecule has 112 valence electrons. The third-order valence-electron chi connectivity index (χ3n) is 3.46. The molecule has 0 saturated carbocycles. The molecule has 2 rings (SSSR count). The van der Waals surface area contributed by atoms with Crippen LogP contribution in [0.4, 0.5) is 0 Å². The zero-order valence-electron chi connectivity index (χ0n) is 12.9. The molecule has 1 aliphatic rings. The van der Waals surface area contributed by atoms with Crippen molar-refractivity contribution in [2.24, 2.45) is 0 Å². The Morgan fingerprint density at radius 2 is 2.25 bits per heavy atom. The molecule has 1 aliphatic heterocycles. The summed E-state index contributed by atoms with van der Waals surface area (Å²) in [4.78, 5) is 11.7. The second kappa shape index (κ2) is 7.67. The van der Waals surface area contributed by atoms with Crippen LogP contribution in [0.1, 0.15) is 43.6 Å². The van der Waals surface area contributed by atoms with Gasteiger partial charge in [-0.1, -0.05) is 13.8 Å². The second-order valence-corrected chi connectivity index (χ2v) is 5.30. The topological polar surface area (TPSA) is 50.3 Å². The monoisotopic (exact) mass is 278 g/mol. The summed E-state index contributed by atoms with van der Waals surface area (Å²) in [5.74, 6) is 0.832. The molecule has 1 aromatic heterocycles. The number of nitrogens with one attached hydrogen (secondary N) is 1. The van der Waals surface area contributed by atoms with E-state index in [1.165, 1.54) is 6.42 Å². The summed E-state index contributed by atoms with van der Waals surface area (Å²) in [5, 5.41) is 3.31. The number of hydrogen-bond donors (Lipinski definition) is 1. The number of ether oxygens (including phenoxy) is 1. The lowest BCUT2D eigenvalue weighted by atomic mass is 10.2. The summed E-state index contributed by atoms with van der Waals surface area (Å²) in [6, 6.07) is 2.04. The van der Waals surface area contributed by atoms with E-state index in [9.17, 15) is 0 Å². The fourth-order valence-corrected chi connectivity index (χ4v) is 2.52. The van der Waals surface area contributed by atoms with E-state index in [2.05, 4.69) is 34.0 Å². The van der Waals surface area contributed by atoms with Gasteiger partial charge in [-0.3, -0.25) is 4.90 Å². The van der Waals surface area contributed by atoms with Crippen LogP contribution >= 0.6 is 0 Å². The van der Waals surface area contributed by atoms with Crippen LogP contribution in [0.3, 0.4) is 0 Å². The molecule has 0 amide bonds. The van der Waals surface area contributed by atoms with Crippen LogP contribution in [0.2, 0.25) is 0 Å². The van der Waals surface area contributed by atoms with Gasteiger partial charge in [0.2, 0.25) is 0 Å². The van der Waals surface area contributed by atoms with E-state index in [0.717, 1.165) is 56.5 Å². The Hall–Kier alpha value is -1.04. The van der Waals surface area contributed by atoms with Crippen LogP contribution in [0.5, 0.6) is 0 Å². The molecule has 5 heteroatoms. The number of aryl methyl sites for hydroxylation is 1. The van der Waals surface area contributed by atoms with Gasteiger partial charge in [0.15, 0.2) is 5.82 Å². The van der Waals surface area contributed by atoms with Gasteiger partial charge in [0.1, 0.15) is 6.10 Å². The minimum absolute atomic E-state index is 0.00979. The molecule has 1 aromatic rings. The van der Waals surface area contributed by atoms with Crippen LogP contribution in [-0.4, -0.2) is 47.7 Å². The van der Waals surface area contributed by atoms with Gasteiger partial charge >= 0.3 is 0 Å². The standard InChI is InChI=1S/C15H26N4O/c1-4-6-19-7-8-20-14(11-19)15-17-12(3)9-13(18-15)10-16-5-2/h9,14,16H,4-8,10-11H2,1-3H3. The van der Waals surface area contributed by atoms with E-state index >= 15 is 0 Å². The maximum atomic E-state index is 5.87. The molecule has 2 heterocycles. The smallest absolute Gasteiger partial charge is 0.158 e.